The first-order valence-corrected chi connectivity index (χ1v) is 11.1. The summed E-state index contributed by atoms with van der Waals surface area (Å²) in [7, 11) is 0. The van der Waals surface area contributed by atoms with Crippen molar-refractivity contribution in [3.05, 3.63) is 12.7 Å². The van der Waals surface area contributed by atoms with Gasteiger partial charge in [0.1, 0.15) is 0 Å². The monoisotopic (exact) mass is 381 g/mol. The maximum absolute atomic E-state index is 12.1. The fourth-order valence-corrected chi connectivity index (χ4v) is 3.75. The van der Waals surface area contributed by atoms with Crippen molar-refractivity contribution in [1.82, 2.24) is 0 Å². The molecule has 0 saturated heterocycles. The Bertz CT molecular complexity index is 422. The lowest BCUT2D eigenvalue weighted by molar-refractivity contribution is -0.170. The number of carbonyl (C=O) groups excluding carboxylic acids is 2. The van der Waals surface area contributed by atoms with Crippen molar-refractivity contribution < 1.29 is 14.3 Å². The molecule has 0 aliphatic heterocycles. The number of unbranched alkanes of at least 4 members (excludes halogenated alkanes) is 10. The molecule has 0 saturated carbocycles. The second-order valence-corrected chi connectivity index (χ2v) is 7.85. The smallest absolute Gasteiger partial charge is 0.331 e. The van der Waals surface area contributed by atoms with Crippen LogP contribution in [0.5, 0.6) is 0 Å². The van der Waals surface area contributed by atoms with E-state index in [1.807, 2.05) is 13.8 Å². The number of hydrogen-bond donors (Lipinski definition) is 1. The van der Waals surface area contributed by atoms with E-state index in [0.29, 0.717) is 6.42 Å². The van der Waals surface area contributed by atoms with Crippen LogP contribution in [-0.2, 0) is 14.3 Å². The molecule has 0 aromatic heterocycles. The minimum absolute atomic E-state index is 0.0857. The Balaban J connectivity index is 4.16. The Kier molecular flexibility index (Phi) is 14.9. The summed E-state index contributed by atoms with van der Waals surface area (Å²) in [4.78, 5) is 23.8. The highest BCUT2D eigenvalue weighted by molar-refractivity contribution is 5.89. The normalized spacial score (nSPS) is 14.3. The number of rotatable bonds is 18. The number of ether oxygens (including phenoxy) is 1. The van der Waals surface area contributed by atoms with Crippen molar-refractivity contribution in [1.29, 1.82) is 0 Å². The molecule has 2 atom stereocenters. The van der Waals surface area contributed by atoms with Gasteiger partial charge in [-0.3, -0.25) is 4.79 Å². The number of primary amides is 1. The lowest BCUT2D eigenvalue weighted by atomic mass is 9.80. The van der Waals surface area contributed by atoms with Gasteiger partial charge < -0.3 is 10.5 Å². The Morgan fingerprint density at radius 2 is 1.41 bits per heavy atom. The van der Waals surface area contributed by atoms with Gasteiger partial charge in [0, 0.05) is 12.0 Å². The van der Waals surface area contributed by atoms with Crippen molar-refractivity contribution in [3.63, 3.8) is 0 Å². The predicted molar refractivity (Wildman–Crippen MR) is 113 cm³/mol. The van der Waals surface area contributed by atoms with Crippen LogP contribution in [0.1, 0.15) is 111 Å². The van der Waals surface area contributed by atoms with Gasteiger partial charge >= 0.3 is 5.97 Å². The van der Waals surface area contributed by atoms with Gasteiger partial charge in [0.15, 0.2) is 5.60 Å². The molecule has 0 aliphatic carbocycles. The predicted octanol–water partition coefficient (Wildman–Crippen LogP) is 6.08. The first-order valence-electron chi connectivity index (χ1n) is 11.1. The molecule has 0 fully saturated rings. The van der Waals surface area contributed by atoms with Crippen LogP contribution >= 0.6 is 0 Å². The molecular formula is C23H43NO3. The summed E-state index contributed by atoms with van der Waals surface area (Å²) in [6.45, 7) is 9.61. The third kappa shape index (κ3) is 10.6. The molecule has 0 spiro atoms. The topological polar surface area (TPSA) is 69.4 Å². The molecule has 1 amide bonds. The van der Waals surface area contributed by atoms with E-state index in [2.05, 4.69) is 13.5 Å². The Hall–Kier alpha value is -1.32. The van der Waals surface area contributed by atoms with E-state index in [4.69, 9.17) is 10.5 Å². The highest BCUT2D eigenvalue weighted by atomic mass is 16.6. The molecule has 2 N–H and O–H groups in total. The summed E-state index contributed by atoms with van der Waals surface area (Å²) < 4.78 is 5.47. The zero-order valence-corrected chi connectivity index (χ0v) is 18.1. The van der Waals surface area contributed by atoms with Gasteiger partial charge in [-0.1, -0.05) is 104 Å². The van der Waals surface area contributed by atoms with E-state index in [1.54, 1.807) is 0 Å². The van der Waals surface area contributed by atoms with Gasteiger partial charge in [-0.25, -0.2) is 4.79 Å². The molecule has 0 aromatic rings. The maximum Gasteiger partial charge on any atom is 0.331 e. The summed E-state index contributed by atoms with van der Waals surface area (Å²) in [5, 5.41) is 0. The number of nitrogens with two attached hydrogens (primary N) is 1. The first kappa shape index (κ1) is 25.7. The van der Waals surface area contributed by atoms with Gasteiger partial charge in [-0.15, -0.1) is 0 Å². The highest BCUT2D eigenvalue weighted by Crippen LogP contribution is 2.32. The Morgan fingerprint density at radius 1 is 0.926 bits per heavy atom. The number of amides is 1. The second-order valence-electron chi connectivity index (χ2n) is 7.85. The lowest BCUT2D eigenvalue weighted by Gasteiger charge is -2.35. The fraction of sp³-hybridized carbons (Fsp3) is 0.826. The molecule has 4 heteroatoms. The van der Waals surface area contributed by atoms with E-state index in [0.717, 1.165) is 31.8 Å². The summed E-state index contributed by atoms with van der Waals surface area (Å²) >= 11 is 0. The zero-order chi connectivity index (χ0) is 20.5. The van der Waals surface area contributed by atoms with Crippen LogP contribution in [0.25, 0.3) is 0 Å². The molecule has 0 heterocycles. The van der Waals surface area contributed by atoms with Crippen molar-refractivity contribution in [2.24, 2.45) is 11.7 Å². The minimum Gasteiger partial charge on any atom is -0.446 e. The number of carbonyl (C=O) groups is 2. The molecule has 4 nitrogen and oxygen atoms in total. The number of esters is 1. The summed E-state index contributed by atoms with van der Waals surface area (Å²) in [6.07, 6.45) is 17.3. The number of hydrogen-bond acceptors (Lipinski definition) is 3. The van der Waals surface area contributed by atoms with E-state index < -0.39 is 17.5 Å². The molecular weight excluding hydrogens is 338 g/mol. The van der Waals surface area contributed by atoms with Crippen molar-refractivity contribution in [2.75, 3.05) is 0 Å². The van der Waals surface area contributed by atoms with Crippen molar-refractivity contribution >= 4 is 11.9 Å². The van der Waals surface area contributed by atoms with Gasteiger partial charge in [-0.2, -0.15) is 0 Å². The molecule has 27 heavy (non-hydrogen) atoms. The van der Waals surface area contributed by atoms with Crippen LogP contribution in [0.15, 0.2) is 12.7 Å². The Labute approximate surface area is 167 Å². The molecule has 2 unspecified atom stereocenters. The molecule has 0 bridgehead atoms. The van der Waals surface area contributed by atoms with E-state index in [-0.39, 0.29) is 5.92 Å². The van der Waals surface area contributed by atoms with Gasteiger partial charge in [0.2, 0.25) is 0 Å². The van der Waals surface area contributed by atoms with Gasteiger partial charge in [0.05, 0.1) is 0 Å². The van der Waals surface area contributed by atoms with Crippen molar-refractivity contribution in [3.8, 4) is 0 Å². The third-order valence-corrected chi connectivity index (χ3v) is 5.52. The minimum atomic E-state index is -1.21. The fourth-order valence-electron chi connectivity index (χ4n) is 3.75. The SMILES string of the molecule is C=CC(=O)OC(CCC)(C(N)=O)C(C)CCCCCCCCCCCCC. The highest BCUT2D eigenvalue weighted by Gasteiger charge is 2.44. The Morgan fingerprint density at radius 3 is 1.81 bits per heavy atom. The first-order chi connectivity index (χ1) is 12.9. The van der Waals surface area contributed by atoms with Crippen LogP contribution < -0.4 is 5.73 Å². The van der Waals surface area contributed by atoms with Crippen LogP contribution in [0.4, 0.5) is 0 Å². The van der Waals surface area contributed by atoms with Crippen LogP contribution in [-0.4, -0.2) is 17.5 Å². The average molecular weight is 382 g/mol. The summed E-state index contributed by atoms with van der Waals surface area (Å²) in [5.41, 5.74) is 4.43. The van der Waals surface area contributed by atoms with Gasteiger partial charge in [-0.05, 0) is 12.8 Å². The van der Waals surface area contributed by atoms with E-state index in [9.17, 15) is 9.59 Å². The van der Waals surface area contributed by atoms with E-state index in [1.165, 1.54) is 57.8 Å². The average Bonchev–Trinajstić information content (AvgIpc) is 2.65. The molecule has 0 aromatic carbocycles. The van der Waals surface area contributed by atoms with Crippen LogP contribution in [0, 0.1) is 5.92 Å². The van der Waals surface area contributed by atoms with Gasteiger partial charge in [0.25, 0.3) is 5.91 Å². The largest absolute Gasteiger partial charge is 0.446 e. The summed E-state index contributed by atoms with van der Waals surface area (Å²) in [5.74, 6) is -1.21. The zero-order valence-electron chi connectivity index (χ0n) is 18.1. The summed E-state index contributed by atoms with van der Waals surface area (Å²) in [6, 6.07) is 0. The third-order valence-electron chi connectivity index (χ3n) is 5.52. The van der Waals surface area contributed by atoms with Crippen LogP contribution in [0.3, 0.4) is 0 Å². The quantitative estimate of drug-likeness (QED) is 0.178. The molecule has 158 valence electrons. The maximum atomic E-state index is 12.1. The van der Waals surface area contributed by atoms with Crippen molar-refractivity contribution in [2.45, 2.75) is 116 Å². The standard InChI is InChI=1S/C23H43NO3/c1-5-8-9-10-11-12-13-14-15-16-17-18-20(4)23(19-6-2,22(24)26)27-21(25)7-3/h7,20H,3,5-6,8-19H2,1-2,4H3,(H2,24,26). The molecule has 0 radical (unpaired) electrons. The molecule has 0 aliphatic rings. The van der Waals surface area contributed by atoms with Crippen LogP contribution in [0.2, 0.25) is 0 Å². The molecule has 0 rings (SSSR count). The lowest BCUT2D eigenvalue weighted by Crippen LogP contribution is -2.52. The second kappa shape index (κ2) is 15.7. The van der Waals surface area contributed by atoms with E-state index >= 15 is 0 Å².